The number of aromatic nitrogens is 1. The van der Waals surface area contributed by atoms with Gasteiger partial charge in [0.05, 0.1) is 6.61 Å². The first-order valence-corrected chi connectivity index (χ1v) is 9.19. The highest BCUT2D eigenvalue weighted by Crippen LogP contribution is 2.13. The molecule has 1 amide bonds. The lowest BCUT2D eigenvalue weighted by Gasteiger charge is -2.08. The van der Waals surface area contributed by atoms with Gasteiger partial charge in [0.25, 0.3) is 5.56 Å². The number of H-pyrrole nitrogens is 1. The summed E-state index contributed by atoms with van der Waals surface area (Å²) in [5, 5.41) is 3.88. The van der Waals surface area contributed by atoms with E-state index in [9.17, 15) is 9.59 Å². The van der Waals surface area contributed by atoms with E-state index in [2.05, 4.69) is 10.3 Å². The SMILES string of the molecule is Cc1ccc2[nH]c(=O)c(CCNC(=O)CCCOc3ccccc3)cc2c1. The third-order valence-corrected chi connectivity index (χ3v) is 4.35. The summed E-state index contributed by atoms with van der Waals surface area (Å²) in [5.41, 5.74) is 2.56. The van der Waals surface area contributed by atoms with Crippen molar-refractivity contribution in [2.24, 2.45) is 0 Å². The second kappa shape index (κ2) is 9.03. The molecule has 2 N–H and O–H groups in total. The molecule has 0 saturated heterocycles. The molecule has 0 unspecified atom stereocenters. The Morgan fingerprint density at radius 3 is 2.74 bits per heavy atom. The summed E-state index contributed by atoms with van der Waals surface area (Å²) in [6, 6.07) is 17.4. The van der Waals surface area contributed by atoms with Crippen LogP contribution in [-0.4, -0.2) is 24.0 Å². The van der Waals surface area contributed by atoms with Crippen LogP contribution in [0.25, 0.3) is 10.9 Å². The van der Waals surface area contributed by atoms with Gasteiger partial charge < -0.3 is 15.0 Å². The fraction of sp³-hybridized carbons (Fsp3) is 0.273. The first-order valence-electron chi connectivity index (χ1n) is 9.19. The number of para-hydroxylation sites is 1. The number of benzene rings is 2. The molecule has 0 atom stereocenters. The standard InChI is InChI=1S/C22H24N2O3/c1-16-9-10-20-18(14-16)15-17(22(26)24-20)11-12-23-21(25)8-5-13-27-19-6-3-2-4-7-19/h2-4,6-7,9-10,14-15H,5,8,11-13H2,1H3,(H,23,25)(H,24,26). The zero-order chi connectivity index (χ0) is 19.1. The molecule has 0 aliphatic rings. The number of aromatic amines is 1. The number of hydrogen-bond acceptors (Lipinski definition) is 3. The van der Waals surface area contributed by atoms with Crippen molar-refractivity contribution in [1.29, 1.82) is 0 Å². The summed E-state index contributed by atoms with van der Waals surface area (Å²) in [6.45, 7) is 2.96. The molecule has 0 saturated carbocycles. The van der Waals surface area contributed by atoms with Gasteiger partial charge in [-0.15, -0.1) is 0 Å². The quantitative estimate of drug-likeness (QED) is 0.602. The highest BCUT2D eigenvalue weighted by molar-refractivity contribution is 5.79. The van der Waals surface area contributed by atoms with Crippen LogP contribution in [0.2, 0.25) is 0 Å². The zero-order valence-electron chi connectivity index (χ0n) is 15.5. The highest BCUT2D eigenvalue weighted by Gasteiger charge is 2.05. The van der Waals surface area contributed by atoms with Gasteiger partial charge in [0, 0.05) is 24.0 Å². The molecule has 140 valence electrons. The topological polar surface area (TPSA) is 71.2 Å². The molecule has 1 aromatic heterocycles. The van der Waals surface area contributed by atoms with Crippen LogP contribution < -0.4 is 15.6 Å². The zero-order valence-corrected chi connectivity index (χ0v) is 15.5. The Labute approximate surface area is 158 Å². The maximum atomic E-state index is 12.2. The van der Waals surface area contributed by atoms with Gasteiger partial charge in [-0.2, -0.15) is 0 Å². The Hall–Kier alpha value is -3.08. The molecule has 0 aliphatic heterocycles. The average Bonchev–Trinajstić information content (AvgIpc) is 2.67. The van der Waals surface area contributed by atoms with Crippen LogP contribution in [0, 0.1) is 6.92 Å². The van der Waals surface area contributed by atoms with Gasteiger partial charge in [-0.05, 0) is 55.5 Å². The second-order valence-corrected chi connectivity index (χ2v) is 6.58. The Kier molecular flexibility index (Phi) is 6.26. The van der Waals surface area contributed by atoms with E-state index < -0.39 is 0 Å². The molecule has 5 nitrogen and oxygen atoms in total. The van der Waals surface area contributed by atoms with E-state index in [0.29, 0.717) is 38.0 Å². The van der Waals surface area contributed by atoms with Crippen molar-refractivity contribution >= 4 is 16.8 Å². The smallest absolute Gasteiger partial charge is 0.251 e. The molecule has 0 fully saturated rings. The molecule has 1 heterocycles. The van der Waals surface area contributed by atoms with Crippen molar-refractivity contribution in [3.05, 3.63) is 76.1 Å². The number of fused-ring (bicyclic) bond motifs is 1. The van der Waals surface area contributed by atoms with Crippen LogP contribution >= 0.6 is 0 Å². The predicted octanol–water partition coefficient (Wildman–Crippen LogP) is 3.35. The van der Waals surface area contributed by atoms with Gasteiger partial charge in [-0.1, -0.05) is 29.8 Å². The maximum Gasteiger partial charge on any atom is 0.251 e. The molecule has 0 aliphatic carbocycles. The van der Waals surface area contributed by atoms with Crippen molar-refractivity contribution in [3.8, 4) is 5.75 Å². The minimum absolute atomic E-state index is 0.0280. The van der Waals surface area contributed by atoms with Crippen molar-refractivity contribution in [2.75, 3.05) is 13.2 Å². The van der Waals surface area contributed by atoms with E-state index in [1.54, 1.807) is 0 Å². The Morgan fingerprint density at radius 2 is 1.93 bits per heavy atom. The van der Waals surface area contributed by atoms with Gasteiger partial charge >= 0.3 is 0 Å². The minimum atomic E-state index is -0.100. The van der Waals surface area contributed by atoms with E-state index in [1.165, 1.54) is 0 Å². The third-order valence-electron chi connectivity index (χ3n) is 4.35. The fourth-order valence-corrected chi connectivity index (χ4v) is 2.92. The fourth-order valence-electron chi connectivity index (χ4n) is 2.92. The van der Waals surface area contributed by atoms with Crippen molar-refractivity contribution in [3.63, 3.8) is 0 Å². The number of pyridine rings is 1. The minimum Gasteiger partial charge on any atom is -0.494 e. The van der Waals surface area contributed by atoms with E-state index in [-0.39, 0.29) is 11.5 Å². The Bertz CT molecular complexity index is 964. The van der Waals surface area contributed by atoms with E-state index in [1.807, 2.05) is 61.5 Å². The summed E-state index contributed by atoms with van der Waals surface area (Å²) in [5.74, 6) is 0.781. The lowest BCUT2D eigenvalue weighted by atomic mass is 10.1. The lowest BCUT2D eigenvalue weighted by Crippen LogP contribution is -2.27. The summed E-state index contributed by atoms with van der Waals surface area (Å²) in [6.07, 6.45) is 1.56. The van der Waals surface area contributed by atoms with Crippen molar-refractivity contribution in [2.45, 2.75) is 26.2 Å². The van der Waals surface area contributed by atoms with Crippen LogP contribution in [0.3, 0.4) is 0 Å². The molecule has 2 aromatic carbocycles. The number of amides is 1. The van der Waals surface area contributed by atoms with E-state index in [4.69, 9.17) is 4.74 Å². The van der Waals surface area contributed by atoms with Crippen LogP contribution in [0.15, 0.2) is 59.4 Å². The molecule has 0 radical (unpaired) electrons. The maximum absolute atomic E-state index is 12.2. The lowest BCUT2D eigenvalue weighted by molar-refractivity contribution is -0.121. The van der Waals surface area contributed by atoms with E-state index >= 15 is 0 Å². The summed E-state index contributed by atoms with van der Waals surface area (Å²) < 4.78 is 5.57. The number of carbonyl (C=O) groups excluding carboxylic acids is 1. The highest BCUT2D eigenvalue weighted by atomic mass is 16.5. The van der Waals surface area contributed by atoms with Crippen LogP contribution in [-0.2, 0) is 11.2 Å². The molecule has 0 bridgehead atoms. The molecule has 27 heavy (non-hydrogen) atoms. The molecule has 3 aromatic rings. The predicted molar refractivity (Wildman–Crippen MR) is 107 cm³/mol. The van der Waals surface area contributed by atoms with Gasteiger partial charge in [0.1, 0.15) is 5.75 Å². The average molecular weight is 364 g/mol. The molecular weight excluding hydrogens is 340 g/mol. The van der Waals surface area contributed by atoms with Crippen molar-refractivity contribution in [1.82, 2.24) is 10.3 Å². The summed E-state index contributed by atoms with van der Waals surface area (Å²) >= 11 is 0. The number of carbonyl (C=O) groups is 1. The number of rotatable bonds is 8. The largest absolute Gasteiger partial charge is 0.494 e. The van der Waals surface area contributed by atoms with E-state index in [0.717, 1.165) is 22.2 Å². The van der Waals surface area contributed by atoms with Crippen LogP contribution in [0.4, 0.5) is 0 Å². The second-order valence-electron chi connectivity index (χ2n) is 6.58. The number of nitrogens with one attached hydrogen (secondary N) is 2. The van der Waals surface area contributed by atoms with Crippen LogP contribution in [0.1, 0.15) is 24.0 Å². The Morgan fingerprint density at radius 1 is 1.11 bits per heavy atom. The number of ether oxygens (including phenoxy) is 1. The molecule has 0 spiro atoms. The first kappa shape index (κ1) is 18.7. The van der Waals surface area contributed by atoms with Gasteiger partial charge in [-0.3, -0.25) is 9.59 Å². The normalized spacial score (nSPS) is 10.7. The molecular formula is C22H24N2O3. The van der Waals surface area contributed by atoms with Gasteiger partial charge in [-0.25, -0.2) is 0 Å². The summed E-state index contributed by atoms with van der Waals surface area (Å²) in [4.78, 5) is 27.0. The summed E-state index contributed by atoms with van der Waals surface area (Å²) in [7, 11) is 0. The first-order chi connectivity index (χ1) is 13.1. The van der Waals surface area contributed by atoms with Crippen LogP contribution in [0.5, 0.6) is 5.75 Å². The molecule has 5 heteroatoms. The van der Waals surface area contributed by atoms with Crippen molar-refractivity contribution < 1.29 is 9.53 Å². The van der Waals surface area contributed by atoms with Gasteiger partial charge in [0.15, 0.2) is 0 Å². The third kappa shape index (κ3) is 5.45. The molecule has 3 rings (SSSR count). The number of hydrogen-bond donors (Lipinski definition) is 2. The van der Waals surface area contributed by atoms with Gasteiger partial charge in [0.2, 0.25) is 5.91 Å². The monoisotopic (exact) mass is 364 g/mol. The Balaban J connectivity index is 1.42. The number of aryl methyl sites for hydroxylation is 1.